The van der Waals surface area contributed by atoms with E-state index in [1.165, 1.54) is 5.56 Å². The molecule has 1 fully saturated rings. The minimum absolute atomic E-state index is 0.454. The van der Waals surface area contributed by atoms with Gasteiger partial charge in [0.15, 0.2) is 0 Å². The maximum Gasteiger partial charge on any atom is 0.0914 e. The van der Waals surface area contributed by atoms with Gasteiger partial charge in [0.1, 0.15) is 0 Å². The van der Waals surface area contributed by atoms with Crippen LogP contribution in [0.4, 0.5) is 0 Å². The number of halogens is 1. The van der Waals surface area contributed by atoms with Crippen molar-refractivity contribution >= 4 is 15.9 Å². The number of benzene rings is 1. The third-order valence-electron chi connectivity index (χ3n) is 3.18. The van der Waals surface area contributed by atoms with Crippen LogP contribution in [0.2, 0.25) is 0 Å². The molecule has 1 aromatic carbocycles. The normalized spacial score (nSPS) is 21.7. The van der Waals surface area contributed by atoms with Crippen LogP contribution >= 0.6 is 15.9 Å². The largest absolute Gasteiger partial charge is 0.387 e. The summed E-state index contributed by atoms with van der Waals surface area (Å²) in [5.74, 6) is 0.486. The van der Waals surface area contributed by atoms with Crippen molar-refractivity contribution in [2.45, 2.75) is 18.4 Å². The molecule has 2 unspecified atom stereocenters. The molecule has 1 aliphatic rings. The Morgan fingerprint density at radius 2 is 2.41 bits per heavy atom. The number of aliphatic hydroxyl groups excluding tert-OH is 1. The van der Waals surface area contributed by atoms with Crippen LogP contribution in [0.3, 0.4) is 0 Å². The van der Waals surface area contributed by atoms with E-state index in [2.05, 4.69) is 27.3 Å². The number of hydrogen-bond acceptors (Lipinski definition) is 3. The van der Waals surface area contributed by atoms with Gasteiger partial charge in [-0.25, -0.2) is 0 Å². The summed E-state index contributed by atoms with van der Waals surface area (Å²) in [6.07, 6.45) is 0.627. The van der Waals surface area contributed by atoms with E-state index in [1.54, 1.807) is 0 Å². The molecule has 94 valence electrons. The number of hydrogen-bond donors (Lipinski definition) is 2. The van der Waals surface area contributed by atoms with Gasteiger partial charge < -0.3 is 15.2 Å². The highest BCUT2D eigenvalue weighted by atomic mass is 79.9. The van der Waals surface area contributed by atoms with Gasteiger partial charge in [-0.2, -0.15) is 0 Å². The summed E-state index contributed by atoms with van der Waals surface area (Å²) in [5, 5.41) is 12.9. The molecule has 2 atom stereocenters. The zero-order chi connectivity index (χ0) is 12.3. The number of likely N-dealkylation sites (N-methyl/N-ethyl adjacent to an activating group) is 1. The second-order valence-electron chi connectivity index (χ2n) is 4.41. The predicted octanol–water partition coefficient (Wildman–Crippen LogP) is 2.21. The molecule has 4 heteroatoms. The van der Waals surface area contributed by atoms with E-state index < -0.39 is 6.10 Å². The predicted molar refractivity (Wildman–Crippen MR) is 71.2 cm³/mol. The molecule has 0 spiro atoms. The molecule has 3 nitrogen and oxygen atoms in total. The molecule has 0 aliphatic carbocycles. The van der Waals surface area contributed by atoms with Crippen LogP contribution < -0.4 is 5.32 Å². The zero-order valence-corrected chi connectivity index (χ0v) is 11.5. The lowest BCUT2D eigenvalue weighted by atomic mass is 9.96. The van der Waals surface area contributed by atoms with Crippen molar-refractivity contribution in [2.75, 3.05) is 26.8 Å². The first-order valence-corrected chi connectivity index (χ1v) is 6.71. The van der Waals surface area contributed by atoms with Crippen LogP contribution in [0.1, 0.15) is 29.6 Å². The summed E-state index contributed by atoms with van der Waals surface area (Å²) >= 11 is 3.59. The molecule has 17 heavy (non-hydrogen) atoms. The van der Waals surface area contributed by atoms with Crippen molar-refractivity contribution in [1.29, 1.82) is 0 Å². The summed E-state index contributed by atoms with van der Waals surface area (Å²) in [4.78, 5) is 0. The van der Waals surface area contributed by atoms with Crippen LogP contribution in [-0.4, -0.2) is 31.9 Å². The average Bonchev–Trinajstić information content (AvgIpc) is 2.82. The molecule has 1 aliphatic heterocycles. The highest BCUT2D eigenvalue weighted by molar-refractivity contribution is 9.10. The topological polar surface area (TPSA) is 41.5 Å². The number of nitrogens with one attached hydrogen (secondary N) is 1. The molecule has 2 N–H and O–H groups in total. The van der Waals surface area contributed by atoms with Gasteiger partial charge in [0, 0.05) is 23.5 Å². The Balaban J connectivity index is 2.16. The lowest BCUT2D eigenvalue weighted by Gasteiger charge is -2.15. The number of rotatable bonds is 4. The molecule has 0 amide bonds. The second-order valence-corrected chi connectivity index (χ2v) is 5.27. The summed E-state index contributed by atoms with van der Waals surface area (Å²) in [5.41, 5.74) is 2.22. The van der Waals surface area contributed by atoms with E-state index in [0.717, 1.165) is 29.7 Å². The molecule has 1 aromatic rings. The number of aliphatic hydroxyl groups is 1. The fraction of sp³-hybridized carbons (Fsp3) is 0.538. The maximum atomic E-state index is 9.89. The van der Waals surface area contributed by atoms with Gasteiger partial charge in [-0.1, -0.05) is 28.1 Å². The third-order valence-corrected chi connectivity index (χ3v) is 3.86. The Kier molecular flexibility index (Phi) is 4.56. The Bertz CT molecular complexity index is 378. The van der Waals surface area contributed by atoms with Gasteiger partial charge in [0.25, 0.3) is 0 Å². The van der Waals surface area contributed by atoms with Gasteiger partial charge in [-0.15, -0.1) is 0 Å². The molecule has 0 saturated carbocycles. The standard InChI is InChI=1S/C13H18BrNO2/c1-15-7-13(16)9-2-3-11(12(14)6-9)10-4-5-17-8-10/h2-3,6,10,13,15-16H,4-5,7-8H2,1H3. The lowest BCUT2D eigenvalue weighted by molar-refractivity contribution is 0.177. The number of ether oxygens (including phenoxy) is 1. The van der Waals surface area contributed by atoms with E-state index in [9.17, 15) is 5.11 Å². The third kappa shape index (κ3) is 3.07. The van der Waals surface area contributed by atoms with Crippen molar-refractivity contribution < 1.29 is 9.84 Å². The van der Waals surface area contributed by atoms with Gasteiger partial charge in [-0.05, 0) is 30.7 Å². The van der Waals surface area contributed by atoms with E-state index >= 15 is 0 Å². The molecule has 1 heterocycles. The highest BCUT2D eigenvalue weighted by Gasteiger charge is 2.20. The summed E-state index contributed by atoms with van der Waals surface area (Å²) in [6, 6.07) is 6.10. The maximum absolute atomic E-state index is 9.89. The van der Waals surface area contributed by atoms with Crippen LogP contribution in [0.5, 0.6) is 0 Å². The monoisotopic (exact) mass is 299 g/mol. The lowest BCUT2D eigenvalue weighted by Crippen LogP contribution is -2.16. The molecular formula is C13H18BrNO2. The minimum atomic E-state index is -0.454. The van der Waals surface area contributed by atoms with Crippen molar-refractivity contribution in [1.82, 2.24) is 5.32 Å². The summed E-state index contributed by atoms with van der Waals surface area (Å²) < 4.78 is 6.47. The van der Waals surface area contributed by atoms with E-state index in [1.807, 2.05) is 19.2 Å². The SMILES string of the molecule is CNCC(O)c1ccc(C2CCOC2)c(Br)c1. The zero-order valence-electron chi connectivity index (χ0n) is 9.95. The van der Waals surface area contributed by atoms with E-state index in [0.29, 0.717) is 12.5 Å². The van der Waals surface area contributed by atoms with Crippen molar-refractivity contribution in [3.63, 3.8) is 0 Å². The highest BCUT2D eigenvalue weighted by Crippen LogP contribution is 2.32. The Labute approximate surface area is 110 Å². The van der Waals surface area contributed by atoms with Crippen LogP contribution in [0, 0.1) is 0 Å². The fourth-order valence-electron chi connectivity index (χ4n) is 2.17. The smallest absolute Gasteiger partial charge is 0.0914 e. The molecular weight excluding hydrogens is 282 g/mol. The first-order valence-electron chi connectivity index (χ1n) is 5.92. The van der Waals surface area contributed by atoms with Gasteiger partial charge in [0.05, 0.1) is 12.7 Å². The Morgan fingerprint density at radius 1 is 1.59 bits per heavy atom. The van der Waals surface area contributed by atoms with Crippen molar-refractivity contribution in [3.8, 4) is 0 Å². The van der Waals surface area contributed by atoms with E-state index in [-0.39, 0.29) is 0 Å². The van der Waals surface area contributed by atoms with Crippen molar-refractivity contribution in [2.24, 2.45) is 0 Å². The molecule has 2 rings (SSSR count). The second kappa shape index (κ2) is 5.96. The quantitative estimate of drug-likeness (QED) is 0.896. The molecule has 0 radical (unpaired) electrons. The van der Waals surface area contributed by atoms with Crippen LogP contribution in [0.15, 0.2) is 22.7 Å². The first-order chi connectivity index (χ1) is 8.22. The Morgan fingerprint density at radius 3 is 3.00 bits per heavy atom. The van der Waals surface area contributed by atoms with Crippen LogP contribution in [0.25, 0.3) is 0 Å². The molecule has 1 saturated heterocycles. The van der Waals surface area contributed by atoms with Crippen LogP contribution in [-0.2, 0) is 4.74 Å². The van der Waals surface area contributed by atoms with Gasteiger partial charge in [-0.3, -0.25) is 0 Å². The first kappa shape index (κ1) is 13.0. The van der Waals surface area contributed by atoms with E-state index in [4.69, 9.17) is 4.74 Å². The van der Waals surface area contributed by atoms with Gasteiger partial charge >= 0.3 is 0 Å². The average molecular weight is 300 g/mol. The minimum Gasteiger partial charge on any atom is -0.387 e. The summed E-state index contributed by atoms with van der Waals surface area (Å²) in [6.45, 7) is 2.22. The fourth-order valence-corrected chi connectivity index (χ4v) is 2.89. The molecule has 0 aromatic heterocycles. The van der Waals surface area contributed by atoms with Crippen molar-refractivity contribution in [3.05, 3.63) is 33.8 Å². The van der Waals surface area contributed by atoms with Gasteiger partial charge in [0.2, 0.25) is 0 Å². The molecule has 0 bridgehead atoms. The summed E-state index contributed by atoms with van der Waals surface area (Å²) in [7, 11) is 1.84. The Hall–Kier alpha value is -0.420.